The number of esters is 1. The second-order valence-electron chi connectivity index (χ2n) is 6.37. The van der Waals surface area contributed by atoms with Gasteiger partial charge in [-0.25, -0.2) is 4.79 Å². The largest absolute Gasteiger partial charge is 0.444 e. The average Bonchev–Trinajstić information content (AvgIpc) is 2.71. The summed E-state index contributed by atoms with van der Waals surface area (Å²) in [5.74, 6) is -1.60. The van der Waals surface area contributed by atoms with Gasteiger partial charge in [0.25, 0.3) is 11.6 Å². The summed E-state index contributed by atoms with van der Waals surface area (Å²) in [5, 5.41) is 14.3. The number of rotatable bonds is 6. The van der Waals surface area contributed by atoms with Crippen molar-refractivity contribution in [1.29, 1.82) is 0 Å². The number of benzene rings is 3. The fourth-order valence-electron chi connectivity index (χ4n) is 2.74. The number of nitro groups is 1. The SMILES string of the molecule is Nc1ccc(C(=O)O[C@H](C(=O)Nc2cc(Cl)cc(Cl)c2)c2ccccc2)cc1[N+](=O)[O-]. The van der Waals surface area contributed by atoms with Crippen molar-refractivity contribution in [2.75, 3.05) is 11.1 Å². The molecule has 0 spiro atoms. The molecule has 0 aliphatic rings. The van der Waals surface area contributed by atoms with Crippen molar-refractivity contribution in [3.05, 3.63) is 98.0 Å². The predicted octanol–water partition coefficient (Wildman–Crippen LogP) is 5.02. The molecule has 31 heavy (non-hydrogen) atoms. The number of carbonyl (C=O) groups is 2. The molecule has 0 aliphatic carbocycles. The molecule has 1 amide bonds. The molecule has 0 fully saturated rings. The Balaban J connectivity index is 1.89. The van der Waals surface area contributed by atoms with E-state index in [0.29, 0.717) is 21.3 Å². The van der Waals surface area contributed by atoms with Gasteiger partial charge in [0.1, 0.15) is 5.69 Å². The van der Waals surface area contributed by atoms with Crippen LogP contribution in [-0.4, -0.2) is 16.8 Å². The number of hydrogen-bond donors (Lipinski definition) is 2. The molecule has 3 rings (SSSR count). The lowest BCUT2D eigenvalue weighted by Gasteiger charge is -2.18. The molecule has 8 nitrogen and oxygen atoms in total. The minimum Gasteiger partial charge on any atom is -0.444 e. The molecule has 0 saturated carbocycles. The lowest BCUT2D eigenvalue weighted by Crippen LogP contribution is -2.26. The number of nitrogens with zero attached hydrogens (tertiary/aromatic N) is 1. The molecule has 0 unspecified atom stereocenters. The molecule has 0 radical (unpaired) electrons. The molecule has 1 atom stereocenters. The summed E-state index contributed by atoms with van der Waals surface area (Å²) < 4.78 is 5.41. The van der Waals surface area contributed by atoms with Crippen LogP contribution in [0.5, 0.6) is 0 Å². The van der Waals surface area contributed by atoms with E-state index in [-0.39, 0.29) is 11.3 Å². The highest BCUT2D eigenvalue weighted by Gasteiger charge is 2.27. The van der Waals surface area contributed by atoms with Gasteiger partial charge in [0.2, 0.25) is 6.10 Å². The molecule has 0 aliphatic heterocycles. The van der Waals surface area contributed by atoms with E-state index in [9.17, 15) is 19.7 Å². The number of nitrogen functional groups attached to an aromatic ring is 1. The van der Waals surface area contributed by atoms with Gasteiger partial charge in [-0.05, 0) is 30.3 Å². The summed E-state index contributed by atoms with van der Waals surface area (Å²) in [5.41, 5.74) is 5.60. The fraction of sp³-hybridized carbons (Fsp3) is 0.0476. The van der Waals surface area contributed by atoms with Crippen LogP contribution in [-0.2, 0) is 9.53 Å². The summed E-state index contributed by atoms with van der Waals surface area (Å²) in [6.45, 7) is 0. The molecule has 0 aromatic heterocycles. The maximum absolute atomic E-state index is 12.9. The highest BCUT2D eigenvalue weighted by Crippen LogP contribution is 2.27. The first-order valence-corrected chi connectivity index (χ1v) is 9.57. The third-order valence-electron chi connectivity index (χ3n) is 4.16. The molecule has 3 aromatic rings. The number of ether oxygens (including phenoxy) is 1. The number of halogens is 2. The molecule has 3 N–H and O–H groups in total. The number of hydrogen-bond acceptors (Lipinski definition) is 6. The van der Waals surface area contributed by atoms with Crippen molar-refractivity contribution in [3.63, 3.8) is 0 Å². The van der Waals surface area contributed by atoms with E-state index in [2.05, 4.69) is 5.32 Å². The molecular formula is C21H15Cl2N3O5. The van der Waals surface area contributed by atoms with Crippen LogP contribution in [0.2, 0.25) is 10.0 Å². The molecule has 10 heteroatoms. The van der Waals surface area contributed by atoms with Crippen LogP contribution in [0, 0.1) is 10.1 Å². The third kappa shape index (κ3) is 5.50. The topological polar surface area (TPSA) is 125 Å². The van der Waals surface area contributed by atoms with Crippen molar-refractivity contribution in [2.45, 2.75) is 6.10 Å². The van der Waals surface area contributed by atoms with E-state index < -0.39 is 28.6 Å². The molecule has 0 bridgehead atoms. The van der Waals surface area contributed by atoms with E-state index >= 15 is 0 Å². The van der Waals surface area contributed by atoms with E-state index in [1.165, 1.54) is 30.3 Å². The average molecular weight is 460 g/mol. The maximum Gasteiger partial charge on any atom is 0.339 e. The third-order valence-corrected chi connectivity index (χ3v) is 4.59. The standard InChI is InChI=1S/C21H15Cl2N3O5/c22-14-9-15(23)11-16(10-14)25-20(27)19(12-4-2-1-3-5-12)31-21(28)13-6-7-17(24)18(8-13)26(29)30/h1-11,19H,24H2,(H,25,27)/t19-/m0/s1. The summed E-state index contributed by atoms with van der Waals surface area (Å²) >= 11 is 11.9. The lowest BCUT2D eigenvalue weighted by molar-refractivity contribution is -0.383. The Hall–Kier alpha value is -3.62. The Morgan fingerprint density at radius 2 is 1.65 bits per heavy atom. The lowest BCUT2D eigenvalue weighted by atomic mass is 10.1. The van der Waals surface area contributed by atoms with E-state index in [0.717, 1.165) is 6.07 Å². The van der Waals surface area contributed by atoms with Crippen molar-refractivity contribution >= 4 is 52.1 Å². The summed E-state index contributed by atoms with van der Waals surface area (Å²) in [6, 6.07) is 16.3. The highest BCUT2D eigenvalue weighted by atomic mass is 35.5. The summed E-state index contributed by atoms with van der Waals surface area (Å²) in [4.78, 5) is 36.0. The predicted molar refractivity (Wildman–Crippen MR) is 117 cm³/mol. The van der Waals surface area contributed by atoms with Gasteiger partial charge in [0.15, 0.2) is 0 Å². The van der Waals surface area contributed by atoms with Gasteiger partial charge in [0, 0.05) is 27.4 Å². The molecular weight excluding hydrogens is 445 g/mol. The van der Waals surface area contributed by atoms with Crippen LogP contribution >= 0.6 is 23.2 Å². The zero-order valence-corrected chi connectivity index (χ0v) is 17.3. The summed E-state index contributed by atoms with van der Waals surface area (Å²) in [7, 11) is 0. The van der Waals surface area contributed by atoms with E-state index in [4.69, 9.17) is 33.7 Å². The first-order valence-electron chi connectivity index (χ1n) is 8.81. The van der Waals surface area contributed by atoms with Crippen molar-refractivity contribution < 1.29 is 19.2 Å². The molecule has 158 valence electrons. The Bertz CT molecular complexity index is 1130. The number of amides is 1. The molecule has 0 saturated heterocycles. The first kappa shape index (κ1) is 22.1. The summed E-state index contributed by atoms with van der Waals surface area (Å²) in [6.07, 6.45) is -1.34. The van der Waals surface area contributed by atoms with Gasteiger partial charge >= 0.3 is 5.97 Å². The number of nitrogens with two attached hydrogens (primary N) is 1. The van der Waals surface area contributed by atoms with Crippen LogP contribution < -0.4 is 11.1 Å². The van der Waals surface area contributed by atoms with Crippen molar-refractivity contribution in [2.24, 2.45) is 0 Å². The Morgan fingerprint density at radius 3 is 2.26 bits per heavy atom. The first-order chi connectivity index (χ1) is 14.7. The van der Waals surface area contributed by atoms with E-state index in [1.54, 1.807) is 30.3 Å². The van der Waals surface area contributed by atoms with Gasteiger partial charge in [-0.2, -0.15) is 0 Å². The number of nitrogens with one attached hydrogen (secondary N) is 1. The second kappa shape index (κ2) is 9.46. The van der Waals surface area contributed by atoms with Gasteiger partial charge in [-0.15, -0.1) is 0 Å². The quantitative estimate of drug-likeness (QED) is 0.230. The Kier molecular flexibility index (Phi) is 6.74. The number of anilines is 2. The van der Waals surface area contributed by atoms with Crippen LogP contribution in [0.15, 0.2) is 66.7 Å². The van der Waals surface area contributed by atoms with Crippen LogP contribution in [0.3, 0.4) is 0 Å². The highest BCUT2D eigenvalue weighted by molar-refractivity contribution is 6.35. The number of nitro benzene ring substituents is 1. The van der Waals surface area contributed by atoms with Gasteiger partial charge in [-0.1, -0.05) is 53.5 Å². The zero-order valence-electron chi connectivity index (χ0n) is 15.7. The van der Waals surface area contributed by atoms with E-state index in [1.807, 2.05) is 0 Å². The van der Waals surface area contributed by atoms with Crippen LogP contribution in [0.25, 0.3) is 0 Å². The van der Waals surface area contributed by atoms with Gasteiger partial charge in [0.05, 0.1) is 10.5 Å². The molecule has 3 aromatic carbocycles. The smallest absolute Gasteiger partial charge is 0.339 e. The maximum atomic E-state index is 12.9. The van der Waals surface area contributed by atoms with Gasteiger partial charge < -0.3 is 15.8 Å². The van der Waals surface area contributed by atoms with Crippen molar-refractivity contribution in [1.82, 2.24) is 0 Å². The Morgan fingerprint density at radius 1 is 1.00 bits per heavy atom. The van der Waals surface area contributed by atoms with Crippen LogP contribution in [0.4, 0.5) is 17.1 Å². The van der Waals surface area contributed by atoms with Crippen molar-refractivity contribution in [3.8, 4) is 0 Å². The minimum atomic E-state index is -1.34. The monoisotopic (exact) mass is 459 g/mol. The normalized spacial score (nSPS) is 11.4. The second-order valence-corrected chi connectivity index (χ2v) is 7.25. The fourth-order valence-corrected chi connectivity index (χ4v) is 3.26. The zero-order chi connectivity index (χ0) is 22.5. The number of carbonyl (C=O) groups excluding carboxylic acids is 2. The molecule has 0 heterocycles. The van der Waals surface area contributed by atoms with Crippen LogP contribution in [0.1, 0.15) is 22.0 Å². The Labute approximate surface area is 186 Å². The minimum absolute atomic E-state index is 0.100. The van der Waals surface area contributed by atoms with Gasteiger partial charge in [-0.3, -0.25) is 14.9 Å².